The van der Waals surface area contributed by atoms with Crippen LogP contribution in [0.25, 0.3) is 0 Å². The third-order valence-electron chi connectivity index (χ3n) is 5.18. The van der Waals surface area contributed by atoms with Gasteiger partial charge in [-0.15, -0.1) is 0 Å². The second-order valence-corrected chi connectivity index (χ2v) is 9.92. The smallest absolute Gasteiger partial charge is 0.330 e. The third-order valence-corrected chi connectivity index (χ3v) is 7.39. The van der Waals surface area contributed by atoms with E-state index in [0.717, 1.165) is 12.8 Å². The summed E-state index contributed by atoms with van der Waals surface area (Å²) in [5, 5.41) is -0.674. The van der Waals surface area contributed by atoms with Gasteiger partial charge in [-0.2, -0.15) is 0 Å². The summed E-state index contributed by atoms with van der Waals surface area (Å²) in [7, 11) is -3.39. The van der Waals surface area contributed by atoms with Crippen molar-refractivity contribution in [1.29, 1.82) is 0 Å². The van der Waals surface area contributed by atoms with E-state index in [1.807, 2.05) is 6.07 Å². The molecular formula is C21H28N2O7S. The number of sulfone groups is 1. The van der Waals surface area contributed by atoms with Gasteiger partial charge in [-0.3, -0.25) is 14.3 Å². The molecule has 3 rings (SSSR count). The van der Waals surface area contributed by atoms with Crippen LogP contribution in [0.15, 0.2) is 46.1 Å². The second-order valence-electron chi connectivity index (χ2n) is 7.48. The van der Waals surface area contributed by atoms with E-state index in [0.29, 0.717) is 30.9 Å². The minimum Gasteiger partial charge on any atom is -0.490 e. The van der Waals surface area contributed by atoms with Crippen molar-refractivity contribution < 1.29 is 22.6 Å². The van der Waals surface area contributed by atoms with Crippen LogP contribution < -0.4 is 16.0 Å². The number of hydrogen-bond acceptors (Lipinski definition) is 7. The minimum atomic E-state index is -3.39. The minimum absolute atomic E-state index is 0.0419. The highest BCUT2D eigenvalue weighted by atomic mass is 32.2. The van der Waals surface area contributed by atoms with Crippen molar-refractivity contribution >= 4 is 9.84 Å². The van der Waals surface area contributed by atoms with Crippen LogP contribution in [0.2, 0.25) is 0 Å². The first-order valence-corrected chi connectivity index (χ1v) is 12.0. The average molecular weight is 453 g/mol. The van der Waals surface area contributed by atoms with Crippen LogP contribution in [0.3, 0.4) is 0 Å². The highest BCUT2D eigenvalue weighted by molar-refractivity contribution is 7.91. The molecule has 1 aromatic heterocycles. The summed E-state index contributed by atoms with van der Waals surface area (Å²) >= 11 is 0. The normalized spacial score (nSPS) is 16.2. The van der Waals surface area contributed by atoms with E-state index in [4.69, 9.17) is 14.2 Å². The number of rotatable bonds is 10. The number of aromatic nitrogens is 2. The van der Waals surface area contributed by atoms with Crippen LogP contribution in [0, 0.1) is 0 Å². The molecule has 1 saturated heterocycles. The van der Waals surface area contributed by atoms with E-state index in [1.54, 1.807) is 25.1 Å². The van der Waals surface area contributed by atoms with Crippen LogP contribution in [0.4, 0.5) is 0 Å². The Kier molecular flexibility index (Phi) is 8.05. The number of nitrogens with zero attached hydrogens (tertiary/aromatic N) is 1. The quantitative estimate of drug-likeness (QED) is 0.545. The first kappa shape index (κ1) is 23.2. The van der Waals surface area contributed by atoms with Gasteiger partial charge in [0, 0.05) is 31.7 Å². The molecular weight excluding hydrogens is 424 g/mol. The first-order chi connectivity index (χ1) is 14.8. The van der Waals surface area contributed by atoms with Crippen molar-refractivity contribution in [2.75, 3.05) is 25.6 Å². The molecule has 0 spiro atoms. The molecule has 1 fully saturated rings. The molecule has 0 radical (unpaired) electrons. The van der Waals surface area contributed by atoms with E-state index < -0.39 is 26.3 Å². The Morgan fingerprint density at radius 2 is 2.00 bits per heavy atom. The topological polar surface area (TPSA) is 117 Å². The molecule has 1 aromatic carbocycles. The lowest BCUT2D eigenvalue weighted by Gasteiger charge is -2.24. The number of nitrogens with one attached hydrogen (secondary N) is 1. The highest BCUT2D eigenvalue weighted by Gasteiger charge is 2.23. The van der Waals surface area contributed by atoms with Crippen LogP contribution >= 0.6 is 0 Å². The number of hydrogen-bond donors (Lipinski definition) is 1. The van der Waals surface area contributed by atoms with E-state index in [9.17, 15) is 18.0 Å². The average Bonchev–Trinajstić information content (AvgIpc) is 2.75. The van der Waals surface area contributed by atoms with Crippen molar-refractivity contribution in [3.8, 4) is 5.75 Å². The van der Waals surface area contributed by atoms with Crippen molar-refractivity contribution in [3.05, 3.63) is 62.9 Å². The summed E-state index contributed by atoms with van der Waals surface area (Å²) < 4.78 is 43.4. The van der Waals surface area contributed by atoms with Crippen molar-refractivity contribution in [2.24, 2.45) is 0 Å². The monoisotopic (exact) mass is 452 g/mol. The van der Waals surface area contributed by atoms with E-state index in [-0.39, 0.29) is 25.2 Å². The van der Waals surface area contributed by atoms with Crippen LogP contribution in [0.5, 0.6) is 5.75 Å². The molecule has 1 aliphatic rings. The summed E-state index contributed by atoms with van der Waals surface area (Å²) in [4.78, 5) is 24.7. The fourth-order valence-electron chi connectivity index (χ4n) is 3.28. The summed E-state index contributed by atoms with van der Waals surface area (Å²) in [6.45, 7) is 3.13. The van der Waals surface area contributed by atoms with Gasteiger partial charge in [-0.1, -0.05) is 12.1 Å². The van der Waals surface area contributed by atoms with Gasteiger partial charge in [0.05, 0.1) is 24.2 Å². The molecule has 1 N–H and O–H groups in total. The Bertz CT molecular complexity index is 1070. The summed E-state index contributed by atoms with van der Waals surface area (Å²) in [5.41, 5.74) is -0.370. The van der Waals surface area contributed by atoms with Crippen LogP contribution in [0.1, 0.15) is 37.0 Å². The molecule has 170 valence electrons. The lowest BCUT2D eigenvalue weighted by molar-refractivity contribution is 0.0255. The van der Waals surface area contributed by atoms with Crippen molar-refractivity contribution in [2.45, 2.75) is 44.3 Å². The largest absolute Gasteiger partial charge is 0.490 e. The second kappa shape index (κ2) is 10.7. The molecule has 1 aliphatic heterocycles. The lowest BCUT2D eigenvalue weighted by atomic mass is 10.1. The van der Waals surface area contributed by atoms with Gasteiger partial charge in [0.25, 0.3) is 5.56 Å². The van der Waals surface area contributed by atoms with Gasteiger partial charge in [-0.25, -0.2) is 13.2 Å². The number of aromatic amines is 1. The molecule has 2 heterocycles. The molecule has 0 saturated carbocycles. The molecule has 1 atom stereocenters. The predicted octanol–water partition coefficient (Wildman–Crippen LogP) is 1.63. The zero-order chi connectivity index (χ0) is 22.3. The Labute approximate surface area is 180 Å². The predicted molar refractivity (Wildman–Crippen MR) is 115 cm³/mol. The Morgan fingerprint density at radius 1 is 1.23 bits per heavy atom. The maximum Gasteiger partial charge on any atom is 0.330 e. The first-order valence-electron chi connectivity index (χ1n) is 10.3. The standard InChI is InChI=1S/C21H28N2O7S/c1-16(17-4-2-5-19(14-17)30-18-7-11-28-12-8-18)31(26,27)13-3-10-29-15-23-9-6-20(24)22-21(23)25/h2,4-6,9,14,16,18H,3,7-8,10-13,15H2,1H3,(H,22,24,25)/t16-/m1/s1. The van der Waals surface area contributed by atoms with Crippen LogP contribution in [-0.4, -0.2) is 49.6 Å². The van der Waals surface area contributed by atoms with Crippen LogP contribution in [-0.2, 0) is 26.0 Å². The summed E-state index contributed by atoms with van der Waals surface area (Å²) in [6.07, 6.45) is 3.35. The number of ether oxygens (including phenoxy) is 3. The van der Waals surface area contributed by atoms with Gasteiger partial charge in [0.2, 0.25) is 0 Å². The molecule has 0 aliphatic carbocycles. The molecule has 2 aromatic rings. The molecule has 10 heteroatoms. The summed E-state index contributed by atoms with van der Waals surface area (Å²) in [5.74, 6) is 0.626. The third kappa shape index (κ3) is 6.78. The van der Waals surface area contributed by atoms with E-state index in [2.05, 4.69) is 4.98 Å². The van der Waals surface area contributed by atoms with E-state index >= 15 is 0 Å². The van der Waals surface area contributed by atoms with Gasteiger partial charge < -0.3 is 14.2 Å². The molecule has 0 unspecified atom stereocenters. The zero-order valence-electron chi connectivity index (χ0n) is 17.5. The molecule has 31 heavy (non-hydrogen) atoms. The number of H-pyrrole nitrogens is 1. The Morgan fingerprint density at radius 3 is 2.74 bits per heavy atom. The molecule has 9 nitrogen and oxygen atoms in total. The SMILES string of the molecule is C[C@H](c1cccc(OC2CCOCC2)c1)S(=O)(=O)CCCOCn1ccc(=O)[nH]c1=O. The maximum atomic E-state index is 12.7. The Hall–Kier alpha value is -2.43. The van der Waals surface area contributed by atoms with Crippen molar-refractivity contribution in [3.63, 3.8) is 0 Å². The molecule has 0 amide bonds. The van der Waals surface area contributed by atoms with Crippen molar-refractivity contribution in [1.82, 2.24) is 9.55 Å². The Balaban J connectivity index is 1.49. The van der Waals surface area contributed by atoms with Gasteiger partial charge in [0.15, 0.2) is 9.84 Å². The van der Waals surface area contributed by atoms with Gasteiger partial charge in [-0.05, 0) is 31.0 Å². The fourth-order valence-corrected chi connectivity index (χ4v) is 4.72. The molecule has 0 bridgehead atoms. The maximum absolute atomic E-state index is 12.7. The van der Waals surface area contributed by atoms with Gasteiger partial charge >= 0.3 is 5.69 Å². The zero-order valence-corrected chi connectivity index (χ0v) is 18.3. The van der Waals surface area contributed by atoms with Gasteiger partial charge in [0.1, 0.15) is 18.6 Å². The highest BCUT2D eigenvalue weighted by Crippen LogP contribution is 2.27. The van der Waals surface area contributed by atoms with E-state index in [1.165, 1.54) is 16.8 Å². The fraction of sp³-hybridized carbons (Fsp3) is 0.524. The summed E-state index contributed by atoms with van der Waals surface area (Å²) in [6, 6.07) is 8.44. The number of benzene rings is 1. The lowest BCUT2D eigenvalue weighted by Crippen LogP contribution is -2.29.